The minimum atomic E-state index is -0.125. The standard InChI is InChI=1S/C21H37BrN2O/c1-6-10-16(8-3)14-15-21(5,17(9-4)18(22)11-7-2)19-12-13-20(25)24-23-19/h12-13,16-18H,6-11,14-15H2,1-5H3,(H,24,25). The Bertz CT molecular complexity index is 524. The van der Waals surface area contributed by atoms with Gasteiger partial charge in [0.25, 0.3) is 5.56 Å². The molecule has 0 saturated carbocycles. The van der Waals surface area contributed by atoms with E-state index in [4.69, 9.17) is 0 Å². The van der Waals surface area contributed by atoms with Crippen molar-refractivity contribution in [2.45, 2.75) is 96.2 Å². The van der Waals surface area contributed by atoms with Gasteiger partial charge in [0, 0.05) is 16.3 Å². The summed E-state index contributed by atoms with van der Waals surface area (Å²) in [6.07, 6.45) is 9.59. The molecule has 0 radical (unpaired) electrons. The number of H-pyrrole nitrogens is 1. The van der Waals surface area contributed by atoms with E-state index in [1.54, 1.807) is 6.07 Å². The van der Waals surface area contributed by atoms with Crippen LogP contribution in [0.2, 0.25) is 0 Å². The van der Waals surface area contributed by atoms with E-state index in [0.717, 1.165) is 24.5 Å². The van der Waals surface area contributed by atoms with Gasteiger partial charge in [0.1, 0.15) is 0 Å². The van der Waals surface area contributed by atoms with Crippen molar-refractivity contribution >= 4 is 15.9 Å². The molecule has 0 amide bonds. The number of alkyl halides is 1. The normalized spacial score (nSPS) is 17.7. The van der Waals surface area contributed by atoms with Crippen LogP contribution in [-0.2, 0) is 5.41 Å². The summed E-state index contributed by atoms with van der Waals surface area (Å²) in [5.74, 6) is 1.29. The molecule has 0 aliphatic heterocycles. The lowest BCUT2D eigenvalue weighted by Gasteiger charge is -2.40. The molecule has 1 heterocycles. The molecule has 0 saturated heterocycles. The molecule has 4 atom stereocenters. The third-order valence-corrected chi connectivity index (χ3v) is 6.97. The Morgan fingerprint density at radius 3 is 2.24 bits per heavy atom. The van der Waals surface area contributed by atoms with Crippen molar-refractivity contribution in [3.05, 3.63) is 28.2 Å². The first-order valence-corrected chi connectivity index (χ1v) is 11.0. The van der Waals surface area contributed by atoms with Crippen molar-refractivity contribution in [1.82, 2.24) is 10.2 Å². The SMILES string of the molecule is CCCC(CC)CCC(C)(c1ccc(=O)[nH]n1)C(CC)C(Br)CCC. The van der Waals surface area contributed by atoms with Crippen LogP contribution in [-0.4, -0.2) is 15.0 Å². The molecule has 1 rings (SSSR count). The summed E-state index contributed by atoms with van der Waals surface area (Å²) in [4.78, 5) is 12.0. The average molecular weight is 413 g/mol. The zero-order chi connectivity index (χ0) is 18.9. The smallest absolute Gasteiger partial charge is 0.264 e. The second kappa shape index (κ2) is 11.2. The third kappa shape index (κ3) is 6.23. The van der Waals surface area contributed by atoms with Gasteiger partial charge in [-0.05, 0) is 37.2 Å². The zero-order valence-electron chi connectivity index (χ0n) is 16.8. The van der Waals surface area contributed by atoms with Gasteiger partial charge in [0.2, 0.25) is 0 Å². The number of aromatic amines is 1. The Hall–Kier alpha value is -0.640. The summed E-state index contributed by atoms with van der Waals surface area (Å²) < 4.78 is 0. The summed E-state index contributed by atoms with van der Waals surface area (Å²) in [6.45, 7) is 11.4. The van der Waals surface area contributed by atoms with E-state index < -0.39 is 0 Å². The largest absolute Gasteiger partial charge is 0.268 e. The van der Waals surface area contributed by atoms with Crippen molar-refractivity contribution in [2.24, 2.45) is 11.8 Å². The molecule has 3 nitrogen and oxygen atoms in total. The van der Waals surface area contributed by atoms with Crippen molar-refractivity contribution in [2.75, 3.05) is 0 Å². The lowest BCUT2D eigenvalue weighted by molar-refractivity contribution is 0.222. The summed E-state index contributed by atoms with van der Waals surface area (Å²) in [6, 6.07) is 3.56. The molecular formula is C21H37BrN2O. The van der Waals surface area contributed by atoms with Crippen LogP contribution in [0.3, 0.4) is 0 Å². The molecule has 1 N–H and O–H groups in total. The van der Waals surface area contributed by atoms with E-state index in [9.17, 15) is 4.79 Å². The molecule has 0 aliphatic rings. The number of halogens is 1. The molecule has 0 fully saturated rings. The van der Waals surface area contributed by atoms with Gasteiger partial charge in [-0.3, -0.25) is 4.79 Å². The second-order valence-corrected chi connectivity index (χ2v) is 8.82. The van der Waals surface area contributed by atoms with Crippen LogP contribution in [0.15, 0.2) is 16.9 Å². The van der Waals surface area contributed by atoms with Crippen LogP contribution < -0.4 is 5.56 Å². The van der Waals surface area contributed by atoms with Crippen LogP contribution >= 0.6 is 15.9 Å². The minimum Gasteiger partial charge on any atom is -0.268 e. The van der Waals surface area contributed by atoms with E-state index >= 15 is 0 Å². The molecule has 1 aromatic rings. The van der Waals surface area contributed by atoms with E-state index in [1.807, 2.05) is 6.07 Å². The predicted octanol–water partition coefficient (Wildman–Crippen LogP) is 6.22. The predicted molar refractivity (Wildman–Crippen MR) is 112 cm³/mol. The Labute approximate surface area is 162 Å². The van der Waals surface area contributed by atoms with Gasteiger partial charge < -0.3 is 0 Å². The number of hydrogen-bond acceptors (Lipinski definition) is 2. The van der Waals surface area contributed by atoms with Gasteiger partial charge in [-0.15, -0.1) is 0 Å². The van der Waals surface area contributed by atoms with Crippen molar-refractivity contribution in [1.29, 1.82) is 0 Å². The summed E-state index contributed by atoms with van der Waals surface area (Å²) in [5.41, 5.74) is 0.884. The van der Waals surface area contributed by atoms with Crippen LogP contribution in [0.4, 0.5) is 0 Å². The van der Waals surface area contributed by atoms with Crippen LogP contribution in [0, 0.1) is 11.8 Å². The van der Waals surface area contributed by atoms with Gasteiger partial charge in [-0.1, -0.05) is 82.7 Å². The Morgan fingerprint density at radius 1 is 1.08 bits per heavy atom. The number of rotatable bonds is 12. The van der Waals surface area contributed by atoms with E-state index in [0.29, 0.717) is 10.7 Å². The highest BCUT2D eigenvalue weighted by Gasteiger charge is 2.39. The Balaban J connectivity index is 3.15. The van der Waals surface area contributed by atoms with E-state index in [2.05, 4.69) is 60.7 Å². The van der Waals surface area contributed by atoms with Gasteiger partial charge in [-0.2, -0.15) is 5.10 Å². The maximum absolute atomic E-state index is 11.5. The molecule has 1 aromatic heterocycles. The zero-order valence-corrected chi connectivity index (χ0v) is 18.4. The molecule has 4 unspecified atom stereocenters. The highest BCUT2D eigenvalue weighted by molar-refractivity contribution is 9.09. The molecule has 0 aliphatic carbocycles. The Morgan fingerprint density at radius 2 is 1.76 bits per heavy atom. The molecule has 4 heteroatoms. The lowest BCUT2D eigenvalue weighted by Crippen LogP contribution is -2.39. The number of nitrogens with zero attached hydrogens (tertiary/aromatic N) is 1. The summed E-state index contributed by atoms with van der Waals surface area (Å²) >= 11 is 3.97. The first-order chi connectivity index (χ1) is 11.9. The fourth-order valence-electron chi connectivity index (χ4n) is 4.21. The first kappa shape index (κ1) is 22.4. The second-order valence-electron chi connectivity index (χ2n) is 7.64. The molecule has 0 aromatic carbocycles. The van der Waals surface area contributed by atoms with Gasteiger partial charge in [-0.25, -0.2) is 5.10 Å². The van der Waals surface area contributed by atoms with E-state index in [1.165, 1.54) is 38.5 Å². The molecule has 0 bridgehead atoms. The quantitative estimate of drug-likeness (QED) is 0.413. The van der Waals surface area contributed by atoms with Gasteiger partial charge >= 0.3 is 0 Å². The number of nitrogens with one attached hydrogen (secondary N) is 1. The van der Waals surface area contributed by atoms with Gasteiger partial charge in [0.15, 0.2) is 0 Å². The molecule has 25 heavy (non-hydrogen) atoms. The fraction of sp³-hybridized carbons (Fsp3) is 0.810. The van der Waals surface area contributed by atoms with Crippen LogP contribution in [0.5, 0.6) is 0 Å². The van der Waals surface area contributed by atoms with Gasteiger partial charge in [0.05, 0.1) is 5.69 Å². The fourth-order valence-corrected chi connectivity index (χ4v) is 5.63. The van der Waals surface area contributed by atoms with E-state index in [-0.39, 0.29) is 11.0 Å². The molecule has 0 spiro atoms. The lowest BCUT2D eigenvalue weighted by atomic mass is 9.67. The highest BCUT2D eigenvalue weighted by atomic mass is 79.9. The monoisotopic (exact) mass is 412 g/mol. The average Bonchev–Trinajstić information content (AvgIpc) is 2.60. The Kier molecular flexibility index (Phi) is 9.99. The van der Waals surface area contributed by atoms with Crippen LogP contribution in [0.25, 0.3) is 0 Å². The minimum absolute atomic E-state index is 0.0244. The summed E-state index contributed by atoms with van der Waals surface area (Å²) in [5, 5.41) is 7.11. The highest BCUT2D eigenvalue weighted by Crippen LogP contribution is 2.43. The molecule has 144 valence electrons. The maximum Gasteiger partial charge on any atom is 0.264 e. The first-order valence-electron chi connectivity index (χ1n) is 10.1. The topological polar surface area (TPSA) is 45.8 Å². The summed E-state index contributed by atoms with van der Waals surface area (Å²) in [7, 11) is 0. The maximum atomic E-state index is 11.5. The number of aromatic nitrogens is 2. The number of hydrogen-bond donors (Lipinski definition) is 1. The van der Waals surface area contributed by atoms with Crippen molar-refractivity contribution < 1.29 is 0 Å². The molecular weight excluding hydrogens is 376 g/mol. The van der Waals surface area contributed by atoms with Crippen LogP contribution in [0.1, 0.15) is 91.7 Å². The third-order valence-electron chi connectivity index (χ3n) is 5.87. The van der Waals surface area contributed by atoms with Crippen molar-refractivity contribution in [3.63, 3.8) is 0 Å². The van der Waals surface area contributed by atoms with Crippen molar-refractivity contribution in [3.8, 4) is 0 Å².